The van der Waals surface area contributed by atoms with Crippen molar-refractivity contribution in [2.75, 3.05) is 13.7 Å². The van der Waals surface area contributed by atoms with Crippen LogP contribution in [-0.4, -0.2) is 19.7 Å². The quantitative estimate of drug-likeness (QED) is 0.854. The third-order valence-corrected chi connectivity index (χ3v) is 3.03. The Labute approximate surface area is 95.6 Å². The number of hydrogen-bond donors (Lipinski definition) is 1. The van der Waals surface area contributed by atoms with E-state index in [9.17, 15) is 0 Å². The largest absolute Gasteiger partial charge is 0.497 e. The van der Waals surface area contributed by atoms with Crippen LogP contribution in [0.3, 0.4) is 0 Å². The van der Waals surface area contributed by atoms with Gasteiger partial charge in [0.2, 0.25) is 0 Å². The van der Waals surface area contributed by atoms with Crippen LogP contribution in [0.5, 0.6) is 5.75 Å². The van der Waals surface area contributed by atoms with Crippen molar-refractivity contribution in [1.29, 1.82) is 0 Å². The van der Waals surface area contributed by atoms with Gasteiger partial charge in [0.25, 0.3) is 0 Å². The van der Waals surface area contributed by atoms with Crippen molar-refractivity contribution in [3.05, 3.63) is 28.8 Å². The number of hydrogen-bond acceptors (Lipinski definition) is 2. The molecule has 1 fully saturated rings. The molecule has 1 saturated heterocycles. The average Bonchev–Trinajstić information content (AvgIpc) is 2.69. The van der Waals surface area contributed by atoms with E-state index >= 15 is 0 Å². The lowest BCUT2D eigenvalue weighted by atomic mass is 10.0. The molecule has 0 aliphatic carbocycles. The third-order valence-electron chi connectivity index (χ3n) is 2.81. The molecule has 82 valence electrons. The predicted molar refractivity (Wildman–Crippen MR) is 62.7 cm³/mol. The molecule has 1 heterocycles. The summed E-state index contributed by atoms with van der Waals surface area (Å²) in [6.45, 7) is 1.14. The van der Waals surface area contributed by atoms with Gasteiger partial charge in [0.1, 0.15) is 5.75 Å². The zero-order valence-electron chi connectivity index (χ0n) is 8.92. The van der Waals surface area contributed by atoms with Gasteiger partial charge in [-0.15, -0.1) is 0 Å². The third kappa shape index (κ3) is 2.86. The number of benzene rings is 1. The molecule has 0 saturated carbocycles. The maximum absolute atomic E-state index is 6.01. The Balaban J connectivity index is 2.09. The van der Waals surface area contributed by atoms with Crippen molar-refractivity contribution in [3.8, 4) is 5.75 Å². The van der Waals surface area contributed by atoms with Crippen LogP contribution in [0.15, 0.2) is 18.2 Å². The number of halogens is 1. The molecule has 1 atom stereocenters. The smallest absolute Gasteiger partial charge is 0.120 e. The van der Waals surface area contributed by atoms with Crippen molar-refractivity contribution < 1.29 is 4.74 Å². The SMILES string of the molecule is COc1cc(Cl)cc(CC2CCCN2)c1. The number of ether oxygens (including phenoxy) is 1. The molecule has 1 unspecified atom stereocenters. The fourth-order valence-electron chi connectivity index (χ4n) is 2.07. The van der Waals surface area contributed by atoms with E-state index < -0.39 is 0 Å². The Morgan fingerprint density at radius 1 is 1.47 bits per heavy atom. The van der Waals surface area contributed by atoms with Gasteiger partial charge < -0.3 is 10.1 Å². The Bertz CT molecular complexity index is 334. The second-order valence-corrected chi connectivity index (χ2v) is 4.43. The summed E-state index contributed by atoms with van der Waals surface area (Å²) in [5, 5.41) is 4.23. The van der Waals surface area contributed by atoms with Gasteiger partial charge in [0, 0.05) is 11.1 Å². The first-order valence-corrected chi connectivity index (χ1v) is 5.72. The highest BCUT2D eigenvalue weighted by Crippen LogP contribution is 2.22. The number of methoxy groups -OCH3 is 1. The van der Waals surface area contributed by atoms with Crippen LogP contribution in [0.1, 0.15) is 18.4 Å². The molecule has 3 heteroatoms. The summed E-state index contributed by atoms with van der Waals surface area (Å²) in [6, 6.07) is 6.52. The highest BCUT2D eigenvalue weighted by Gasteiger charge is 2.14. The Morgan fingerprint density at radius 3 is 3.00 bits per heavy atom. The molecule has 15 heavy (non-hydrogen) atoms. The molecule has 2 rings (SSSR count). The highest BCUT2D eigenvalue weighted by molar-refractivity contribution is 6.30. The Kier molecular flexibility index (Phi) is 3.49. The zero-order valence-corrected chi connectivity index (χ0v) is 9.68. The fourth-order valence-corrected chi connectivity index (χ4v) is 2.32. The Hall–Kier alpha value is -0.730. The first-order chi connectivity index (χ1) is 7.28. The van der Waals surface area contributed by atoms with Crippen molar-refractivity contribution in [2.24, 2.45) is 0 Å². The first kappa shape index (κ1) is 10.8. The van der Waals surface area contributed by atoms with Crippen LogP contribution in [-0.2, 0) is 6.42 Å². The summed E-state index contributed by atoms with van der Waals surface area (Å²) in [6.07, 6.45) is 3.58. The minimum atomic E-state index is 0.605. The maximum Gasteiger partial charge on any atom is 0.120 e. The summed E-state index contributed by atoms with van der Waals surface area (Å²) < 4.78 is 5.20. The summed E-state index contributed by atoms with van der Waals surface area (Å²) in [5.74, 6) is 0.843. The molecule has 0 aromatic heterocycles. The van der Waals surface area contributed by atoms with E-state index in [-0.39, 0.29) is 0 Å². The van der Waals surface area contributed by atoms with Gasteiger partial charge in [-0.25, -0.2) is 0 Å². The molecule has 1 aliphatic heterocycles. The fraction of sp³-hybridized carbons (Fsp3) is 0.500. The van der Waals surface area contributed by atoms with E-state index in [1.165, 1.54) is 18.4 Å². The molecule has 1 aromatic rings. The monoisotopic (exact) mass is 225 g/mol. The van der Waals surface area contributed by atoms with Gasteiger partial charge in [-0.2, -0.15) is 0 Å². The van der Waals surface area contributed by atoms with Crippen molar-refractivity contribution in [3.63, 3.8) is 0 Å². The van der Waals surface area contributed by atoms with E-state index in [4.69, 9.17) is 16.3 Å². The molecule has 1 N–H and O–H groups in total. The molecule has 2 nitrogen and oxygen atoms in total. The minimum absolute atomic E-state index is 0.605. The second-order valence-electron chi connectivity index (χ2n) is 4.00. The van der Waals surface area contributed by atoms with Crippen LogP contribution in [0.4, 0.5) is 0 Å². The van der Waals surface area contributed by atoms with Crippen molar-refractivity contribution in [1.82, 2.24) is 5.32 Å². The summed E-state index contributed by atoms with van der Waals surface area (Å²) >= 11 is 6.01. The van der Waals surface area contributed by atoms with E-state index in [1.54, 1.807) is 7.11 Å². The lowest BCUT2D eigenvalue weighted by molar-refractivity contribution is 0.414. The number of nitrogens with one attached hydrogen (secondary N) is 1. The van der Waals surface area contributed by atoms with Crippen LogP contribution < -0.4 is 10.1 Å². The molecule has 0 spiro atoms. The standard InChI is InChI=1S/C12H16ClNO/c1-15-12-7-9(5-10(13)8-12)6-11-3-2-4-14-11/h5,7-8,11,14H,2-4,6H2,1H3. The van der Waals surface area contributed by atoms with Gasteiger partial charge in [-0.1, -0.05) is 11.6 Å². The van der Waals surface area contributed by atoms with Crippen molar-refractivity contribution >= 4 is 11.6 Å². The minimum Gasteiger partial charge on any atom is -0.497 e. The predicted octanol–water partition coefficient (Wildman–Crippen LogP) is 2.64. The van der Waals surface area contributed by atoms with Gasteiger partial charge in [-0.3, -0.25) is 0 Å². The van der Waals surface area contributed by atoms with Gasteiger partial charge in [-0.05, 0) is 49.6 Å². The van der Waals surface area contributed by atoms with E-state index in [1.807, 2.05) is 12.1 Å². The molecule has 1 aromatic carbocycles. The molecule has 0 radical (unpaired) electrons. The van der Waals surface area contributed by atoms with Gasteiger partial charge in [0.05, 0.1) is 7.11 Å². The van der Waals surface area contributed by atoms with Crippen molar-refractivity contribution in [2.45, 2.75) is 25.3 Å². The molecular formula is C12H16ClNO. The molecule has 0 bridgehead atoms. The lowest BCUT2D eigenvalue weighted by Gasteiger charge is -2.11. The first-order valence-electron chi connectivity index (χ1n) is 5.35. The topological polar surface area (TPSA) is 21.3 Å². The second kappa shape index (κ2) is 4.86. The van der Waals surface area contributed by atoms with E-state index in [0.717, 1.165) is 23.7 Å². The summed E-state index contributed by atoms with van der Waals surface area (Å²) in [7, 11) is 1.67. The van der Waals surface area contributed by atoms with Crippen LogP contribution >= 0.6 is 11.6 Å². The summed E-state index contributed by atoms with van der Waals surface area (Å²) in [4.78, 5) is 0. The van der Waals surface area contributed by atoms with Gasteiger partial charge >= 0.3 is 0 Å². The van der Waals surface area contributed by atoms with Gasteiger partial charge in [0.15, 0.2) is 0 Å². The molecule has 1 aliphatic rings. The lowest BCUT2D eigenvalue weighted by Crippen LogP contribution is -2.23. The molecule has 0 amide bonds. The highest BCUT2D eigenvalue weighted by atomic mass is 35.5. The zero-order chi connectivity index (χ0) is 10.7. The average molecular weight is 226 g/mol. The Morgan fingerprint density at radius 2 is 2.33 bits per heavy atom. The van der Waals surface area contributed by atoms with Crippen LogP contribution in [0, 0.1) is 0 Å². The molecular weight excluding hydrogens is 210 g/mol. The van der Waals surface area contributed by atoms with E-state index in [2.05, 4.69) is 11.4 Å². The van der Waals surface area contributed by atoms with Crippen LogP contribution in [0.25, 0.3) is 0 Å². The summed E-state index contributed by atoms with van der Waals surface area (Å²) in [5.41, 5.74) is 1.25. The van der Waals surface area contributed by atoms with E-state index in [0.29, 0.717) is 6.04 Å². The maximum atomic E-state index is 6.01. The normalized spacial score (nSPS) is 20.5. The van der Waals surface area contributed by atoms with Crippen LogP contribution in [0.2, 0.25) is 5.02 Å². The number of rotatable bonds is 3.